The maximum Gasteiger partial charge on any atom is 0.338 e. The second-order valence-electron chi connectivity index (χ2n) is 3.47. The fourth-order valence-corrected chi connectivity index (χ4v) is 1.75. The first-order valence-electron chi connectivity index (χ1n) is 4.67. The van der Waals surface area contributed by atoms with E-state index in [1.165, 1.54) is 6.92 Å². The molecule has 0 saturated carbocycles. The van der Waals surface area contributed by atoms with E-state index < -0.39 is 18.0 Å². The lowest BCUT2D eigenvalue weighted by Gasteiger charge is -2.10. The van der Waals surface area contributed by atoms with E-state index in [9.17, 15) is 9.59 Å². The van der Waals surface area contributed by atoms with Crippen molar-refractivity contribution in [2.75, 3.05) is 0 Å². The molecule has 16 heavy (non-hydrogen) atoms. The maximum absolute atomic E-state index is 11.6. The minimum absolute atomic E-state index is 0.389. The Bertz CT molecular complexity index is 411. The van der Waals surface area contributed by atoms with Crippen molar-refractivity contribution in [3.63, 3.8) is 0 Å². The largest absolute Gasteiger partial charge is 0.449 e. The van der Waals surface area contributed by atoms with Crippen LogP contribution in [0.15, 0.2) is 22.7 Å². The van der Waals surface area contributed by atoms with Gasteiger partial charge in [0.05, 0.1) is 5.56 Å². The molecule has 4 nitrogen and oxygen atoms in total. The molecule has 0 bridgehead atoms. The number of esters is 1. The van der Waals surface area contributed by atoms with Gasteiger partial charge in [-0.2, -0.15) is 0 Å². The van der Waals surface area contributed by atoms with Crippen LogP contribution >= 0.6 is 15.9 Å². The molecule has 0 aromatic heterocycles. The van der Waals surface area contributed by atoms with E-state index in [1.807, 2.05) is 13.0 Å². The summed E-state index contributed by atoms with van der Waals surface area (Å²) >= 11 is 3.28. The van der Waals surface area contributed by atoms with Gasteiger partial charge in [-0.05, 0) is 37.6 Å². The molecular formula is C11H12BrNO3. The van der Waals surface area contributed by atoms with Crippen LogP contribution in [0.3, 0.4) is 0 Å². The number of ether oxygens (including phenoxy) is 1. The first-order valence-corrected chi connectivity index (χ1v) is 5.47. The zero-order valence-electron chi connectivity index (χ0n) is 8.99. The lowest BCUT2D eigenvalue weighted by Crippen LogP contribution is -2.30. The Hall–Kier alpha value is -1.36. The Labute approximate surface area is 102 Å². The zero-order chi connectivity index (χ0) is 12.3. The average Bonchev–Trinajstić information content (AvgIpc) is 2.15. The molecule has 1 rings (SSSR count). The molecule has 1 amide bonds. The monoisotopic (exact) mass is 285 g/mol. The number of nitrogens with two attached hydrogens (primary N) is 1. The van der Waals surface area contributed by atoms with E-state index in [-0.39, 0.29) is 0 Å². The van der Waals surface area contributed by atoms with Gasteiger partial charge in [0.15, 0.2) is 6.10 Å². The quantitative estimate of drug-likeness (QED) is 0.861. The summed E-state index contributed by atoms with van der Waals surface area (Å²) in [6.45, 7) is 3.30. The molecule has 0 aliphatic rings. The smallest absolute Gasteiger partial charge is 0.338 e. The fraction of sp³-hybridized carbons (Fsp3) is 0.273. The minimum atomic E-state index is -0.924. The number of rotatable bonds is 3. The third-order valence-electron chi connectivity index (χ3n) is 1.96. The van der Waals surface area contributed by atoms with Crippen molar-refractivity contribution in [2.45, 2.75) is 20.0 Å². The van der Waals surface area contributed by atoms with Gasteiger partial charge in [-0.25, -0.2) is 4.79 Å². The van der Waals surface area contributed by atoms with Crippen molar-refractivity contribution in [3.8, 4) is 0 Å². The summed E-state index contributed by atoms with van der Waals surface area (Å²) in [4.78, 5) is 22.3. The lowest BCUT2D eigenvalue weighted by molar-refractivity contribution is -0.125. The van der Waals surface area contributed by atoms with E-state index in [1.54, 1.807) is 12.1 Å². The molecule has 1 aromatic carbocycles. The molecule has 0 aliphatic carbocycles. The van der Waals surface area contributed by atoms with Crippen LogP contribution in [0.4, 0.5) is 0 Å². The number of amides is 1. The van der Waals surface area contributed by atoms with Crippen LogP contribution in [0.25, 0.3) is 0 Å². The highest BCUT2D eigenvalue weighted by atomic mass is 79.9. The van der Waals surface area contributed by atoms with Crippen LogP contribution in [0, 0.1) is 6.92 Å². The summed E-state index contributed by atoms with van der Waals surface area (Å²) in [6, 6.07) is 5.18. The van der Waals surface area contributed by atoms with Crippen molar-refractivity contribution in [2.24, 2.45) is 5.73 Å². The van der Waals surface area contributed by atoms with Crippen molar-refractivity contribution < 1.29 is 14.3 Å². The standard InChI is InChI=1S/C11H12BrNO3/c1-6-3-8(5-9(12)4-6)11(15)16-7(2)10(13)14/h3-5,7H,1-2H3,(H2,13,14). The number of halogens is 1. The van der Waals surface area contributed by atoms with E-state index in [0.717, 1.165) is 10.0 Å². The Kier molecular flexibility index (Phi) is 4.06. The summed E-state index contributed by atoms with van der Waals surface area (Å²) in [5.41, 5.74) is 6.31. The summed E-state index contributed by atoms with van der Waals surface area (Å²) in [7, 11) is 0. The molecule has 2 N–H and O–H groups in total. The van der Waals surface area contributed by atoms with E-state index in [4.69, 9.17) is 10.5 Å². The highest BCUT2D eigenvalue weighted by Crippen LogP contribution is 2.16. The van der Waals surface area contributed by atoms with Gasteiger partial charge in [-0.3, -0.25) is 4.79 Å². The highest BCUT2D eigenvalue weighted by molar-refractivity contribution is 9.10. The summed E-state index contributed by atoms with van der Waals surface area (Å²) in [5, 5.41) is 0. The number of hydrogen-bond donors (Lipinski definition) is 1. The topological polar surface area (TPSA) is 69.4 Å². The number of carbonyl (C=O) groups is 2. The van der Waals surface area contributed by atoms with Gasteiger partial charge >= 0.3 is 5.97 Å². The molecule has 0 heterocycles. The molecule has 1 unspecified atom stereocenters. The molecule has 0 spiro atoms. The van der Waals surface area contributed by atoms with E-state index in [0.29, 0.717) is 5.56 Å². The summed E-state index contributed by atoms with van der Waals surface area (Å²) in [6.07, 6.45) is -0.924. The van der Waals surface area contributed by atoms with Crippen molar-refractivity contribution in [3.05, 3.63) is 33.8 Å². The molecule has 5 heteroatoms. The fourth-order valence-electron chi connectivity index (χ4n) is 1.14. The highest BCUT2D eigenvalue weighted by Gasteiger charge is 2.16. The van der Waals surface area contributed by atoms with Crippen molar-refractivity contribution in [1.29, 1.82) is 0 Å². The SMILES string of the molecule is Cc1cc(Br)cc(C(=O)OC(C)C(N)=O)c1. The summed E-state index contributed by atoms with van der Waals surface area (Å²) in [5.74, 6) is -1.23. The second-order valence-corrected chi connectivity index (χ2v) is 4.38. The van der Waals surface area contributed by atoms with Gasteiger partial charge in [0.25, 0.3) is 5.91 Å². The number of aryl methyl sites for hydroxylation is 1. The number of hydrogen-bond acceptors (Lipinski definition) is 3. The molecular weight excluding hydrogens is 274 g/mol. The average molecular weight is 286 g/mol. The first kappa shape index (κ1) is 12.7. The summed E-state index contributed by atoms with van der Waals surface area (Å²) < 4.78 is 5.66. The number of benzene rings is 1. The number of carbonyl (C=O) groups excluding carboxylic acids is 2. The van der Waals surface area contributed by atoms with Crippen LogP contribution in [-0.4, -0.2) is 18.0 Å². The Morgan fingerprint density at radius 1 is 1.38 bits per heavy atom. The maximum atomic E-state index is 11.6. The molecule has 0 fully saturated rings. The Morgan fingerprint density at radius 2 is 2.00 bits per heavy atom. The van der Waals surface area contributed by atoms with Crippen LogP contribution in [0.5, 0.6) is 0 Å². The van der Waals surface area contributed by atoms with Crippen molar-refractivity contribution in [1.82, 2.24) is 0 Å². The predicted octanol–water partition coefficient (Wildman–Crippen LogP) is 1.79. The van der Waals surface area contributed by atoms with Gasteiger partial charge < -0.3 is 10.5 Å². The van der Waals surface area contributed by atoms with Gasteiger partial charge in [0.2, 0.25) is 0 Å². The van der Waals surface area contributed by atoms with Gasteiger partial charge in [0, 0.05) is 4.47 Å². The number of primary amides is 1. The molecule has 0 radical (unpaired) electrons. The van der Waals surface area contributed by atoms with E-state index >= 15 is 0 Å². The molecule has 0 saturated heterocycles. The second kappa shape index (κ2) is 5.12. The predicted molar refractivity (Wildman–Crippen MR) is 63.0 cm³/mol. The third kappa shape index (κ3) is 3.34. The van der Waals surface area contributed by atoms with Crippen molar-refractivity contribution >= 4 is 27.8 Å². The van der Waals surface area contributed by atoms with Crippen LogP contribution in [0.1, 0.15) is 22.8 Å². The Balaban J connectivity index is 2.84. The van der Waals surface area contributed by atoms with Gasteiger partial charge in [0.1, 0.15) is 0 Å². The molecule has 0 aliphatic heterocycles. The Morgan fingerprint density at radius 3 is 2.50 bits per heavy atom. The molecule has 1 atom stereocenters. The lowest BCUT2D eigenvalue weighted by atomic mass is 10.1. The molecule has 86 valence electrons. The van der Waals surface area contributed by atoms with E-state index in [2.05, 4.69) is 15.9 Å². The van der Waals surface area contributed by atoms with Crippen LogP contribution < -0.4 is 5.73 Å². The normalized spacial score (nSPS) is 11.9. The van der Waals surface area contributed by atoms with Gasteiger partial charge in [-0.15, -0.1) is 0 Å². The third-order valence-corrected chi connectivity index (χ3v) is 2.42. The zero-order valence-corrected chi connectivity index (χ0v) is 10.6. The van der Waals surface area contributed by atoms with Crippen LogP contribution in [0.2, 0.25) is 0 Å². The first-order chi connectivity index (χ1) is 7.40. The van der Waals surface area contributed by atoms with Crippen LogP contribution in [-0.2, 0) is 9.53 Å². The molecule has 1 aromatic rings. The van der Waals surface area contributed by atoms with Gasteiger partial charge in [-0.1, -0.05) is 15.9 Å². The minimum Gasteiger partial charge on any atom is -0.449 e.